The first kappa shape index (κ1) is 13.2. The van der Waals surface area contributed by atoms with Gasteiger partial charge in [-0.1, -0.05) is 30.3 Å². The Balaban J connectivity index is 1.60. The summed E-state index contributed by atoms with van der Waals surface area (Å²) in [6.07, 6.45) is 4.70. The zero-order chi connectivity index (χ0) is 14.3. The quantitative estimate of drug-likeness (QED) is 0.832. The van der Waals surface area contributed by atoms with Crippen molar-refractivity contribution in [1.29, 1.82) is 0 Å². The lowest BCUT2D eigenvalue weighted by Gasteiger charge is -2.23. The molecule has 6 heteroatoms. The number of benzene rings is 1. The highest BCUT2D eigenvalue weighted by Gasteiger charge is 2.43. The highest BCUT2D eigenvalue weighted by molar-refractivity contribution is 7.80. The van der Waals surface area contributed by atoms with Crippen molar-refractivity contribution in [2.45, 2.75) is 31.3 Å². The summed E-state index contributed by atoms with van der Waals surface area (Å²) in [5, 5.41) is 9.07. The van der Waals surface area contributed by atoms with E-state index in [1.54, 1.807) is 11.3 Å². The van der Waals surface area contributed by atoms with E-state index in [0.29, 0.717) is 0 Å². The van der Waals surface area contributed by atoms with Crippen molar-refractivity contribution >= 4 is 33.8 Å². The lowest BCUT2D eigenvalue weighted by Crippen LogP contribution is -2.48. The third kappa shape index (κ3) is 2.33. The first-order chi connectivity index (χ1) is 10.3. The molecule has 0 radical (unpaired) electrons. The van der Waals surface area contributed by atoms with Crippen LogP contribution in [0.2, 0.25) is 0 Å². The molecule has 2 aliphatic rings. The van der Waals surface area contributed by atoms with Gasteiger partial charge in [0.2, 0.25) is 5.13 Å². The predicted molar refractivity (Wildman–Crippen MR) is 90.1 cm³/mol. The molecule has 21 heavy (non-hydrogen) atoms. The van der Waals surface area contributed by atoms with Gasteiger partial charge < -0.3 is 5.32 Å². The van der Waals surface area contributed by atoms with Gasteiger partial charge in [0, 0.05) is 10.9 Å². The van der Waals surface area contributed by atoms with Crippen LogP contribution in [0.5, 0.6) is 0 Å². The SMILES string of the molecule is S=C1NC2(CCCC2)NN1c1nc(-c2ccccc2)cs1. The number of thiazole rings is 1. The van der Waals surface area contributed by atoms with Crippen molar-refractivity contribution in [3.8, 4) is 11.3 Å². The molecule has 4 rings (SSSR count). The second-order valence-electron chi connectivity index (χ2n) is 5.55. The van der Waals surface area contributed by atoms with Gasteiger partial charge in [-0.25, -0.2) is 15.4 Å². The van der Waals surface area contributed by atoms with Gasteiger partial charge in [0.05, 0.1) is 5.69 Å². The molecule has 1 saturated carbocycles. The fourth-order valence-electron chi connectivity index (χ4n) is 3.01. The highest BCUT2D eigenvalue weighted by atomic mass is 32.1. The first-order valence-electron chi connectivity index (χ1n) is 7.17. The maximum Gasteiger partial charge on any atom is 0.207 e. The average Bonchev–Trinajstić information content (AvgIpc) is 3.21. The minimum atomic E-state index is -0.0460. The maximum atomic E-state index is 5.48. The summed E-state index contributed by atoms with van der Waals surface area (Å²) in [5.41, 5.74) is 5.61. The Hall–Kier alpha value is -1.50. The van der Waals surface area contributed by atoms with Crippen molar-refractivity contribution < 1.29 is 0 Å². The van der Waals surface area contributed by atoms with Crippen molar-refractivity contribution in [1.82, 2.24) is 15.7 Å². The van der Waals surface area contributed by atoms with Crippen LogP contribution in [0.15, 0.2) is 35.7 Å². The molecule has 4 nitrogen and oxygen atoms in total. The van der Waals surface area contributed by atoms with Crippen molar-refractivity contribution in [2.24, 2.45) is 0 Å². The second kappa shape index (κ2) is 5.05. The molecule has 1 aromatic heterocycles. The van der Waals surface area contributed by atoms with Crippen LogP contribution in [0.25, 0.3) is 11.3 Å². The molecule has 0 bridgehead atoms. The number of anilines is 1. The monoisotopic (exact) mass is 316 g/mol. The van der Waals surface area contributed by atoms with Crippen molar-refractivity contribution in [3.05, 3.63) is 35.7 Å². The minimum Gasteiger partial charge on any atom is -0.342 e. The summed E-state index contributed by atoms with van der Waals surface area (Å²) < 4.78 is 0. The van der Waals surface area contributed by atoms with E-state index in [1.165, 1.54) is 12.8 Å². The van der Waals surface area contributed by atoms with Gasteiger partial charge in [-0.15, -0.1) is 11.3 Å². The lowest BCUT2D eigenvalue weighted by atomic mass is 10.1. The van der Waals surface area contributed by atoms with Crippen LogP contribution in [0.4, 0.5) is 5.13 Å². The lowest BCUT2D eigenvalue weighted by molar-refractivity contribution is 0.349. The highest BCUT2D eigenvalue weighted by Crippen LogP contribution is 2.34. The molecule has 2 N–H and O–H groups in total. The Kier molecular flexibility index (Phi) is 3.17. The smallest absolute Gasteiger partial charge is 0.207 e. The molecule has 1 aliphatic carbocycles. The van der Waals surface area contributed by atoms with E-state index in [0.717, 1.165) is 34.3 Å². The van der Waals surface area contributed by atoms with E-state index >= 15 is 0 Å². The fourth-order valence-corrected chi connectivity index (χ4v) is 4.20. The van der Waals surface area contributed by atoms with E-state index in [4.69, 9.17) is 17.2 Å². The first-order valence-corrected chi connectivity index (χ1v) is 8.46. The molecule has 1 aromatic carbocycles. The summed E-state index contributed by atoms with van der Waals surface area (Å²) in [7, 11) is 0. The van der Waals surface area contributed by atoms with Gasteiger partial charge in [0.1, 0.15) is 5.66 Å². The molecule has 0 atom stereocenters. The zero-order valence-corrected chi connectivity index (χ0v) is 13.1. The molecule has 2 heterocycles. The summed E-state index contributed by atoms with van der Waals surface area (Å²) in [5.74, 6) is 0. The average molecular weight is 316 g/mol. The van der Waals surface area contributed by atoms with Gasteiger partial charge in [-0.3, -0.25) is 0 Å². The predicted octanol–water partition coefficient (Wildman–Crippen LogP) is 3.28. The Bertz CT molecular complexity index is 661. The fraction of sp³-hybridized carbons (Fsp3) is 0.333. The van der Waals surface area contributed by atoms with E-state index < -0.39 is 0 Å². The van der Waals surface area contributed by atoms with E-state index in [1.807, 2.05) is 23.2 Å². The van der Waals surface area contributed by atoms with Crippen LogP contribution in [0.3, 0.4) is 0 Å². The topological polar surface area (TPSA) is 40.2 Å². The maximum absolute atomic E-state index is 5.48. The number of hydrogen-bond acceptors (Lipinski definition) is 4. The minimum absolute atomic E-state index is 0.0460. The van der Waals surface area contributed by atoms with Crippen LogP contribution in [-0.4, -0.2) is 15.8 Å². The number of rotatable bonds is 2. The second-order valence-corrected chi connectivity index (χ2v) is 6.77. The largest absolute Gasteiger partial charge is 0.342 e. The molecule has 1 spiro atoms. The zero-order valence-electron chi connectivity index (χ0n) is 11.5. The van der Waals surface area contributed by atoms with Crippen LogP contribution in [0.1, 0.15) is 25.7 Å². The van der Waals surface area contributed by atoms with Crippen LogP contribution in [0, 0.1) is 0 Å². The molecule has 2 aromatic rings. The molecule has 2 fully saturated rings. The molecule has 108 valence electrons. The summed E-state index contributed by atoms with van der Waals surface area (Å²) in [6.45, 7) is 0. The van der Waals surface area contributed by atoms with Crippen molar-refractivity contribution in [2.75, 3.05) is 5.01 Å². The van der Waals surface area contributed by atoms with Crippen molar-refractivity contribution in [3.63, 3.8) is 0 Å². The van der Waals surface area contributed by atoms with Crippen LogP contribution >= 0.6 is 23.6 Å². The Morgan fingerprint density at radius 2 is 1.95 bits per heavy atom. The molecule has 1 saturated heterocycles. The number of hydrogen-bond donors (Lipinski definition) is 2. The summed E-state index contributed by atoms with van der Waals surface area (Å²) in [6, 6.07) is 10.2. The Morgan fingerprint density at radius 1 is 1.19 bits per heavy atom. The Labute approximate surface area is 133 Å². The number of nitrogens with zero attached hydrogens (tertiary/aromatic N) is 2. The van der Waals surface area contributed by atoms with Gasteiger partial charge in [0.15, 0.2) is 5.11 Å². The van der Waals surface area contributed by atoms with Gasteiger partial charge in [0.25, 0.3) is 0 Å². The Morgan fingerprint density at radius 3 is 2.71 bits per heavy atom. The summed E-state index contributed by atoms with van der Waals surface area (Å²) >= 11 is 7.09. The number of thiocarbonyl (C=S) groups is 1. The number of aromatic nitrogens is 1. The molecule has 0 unspecified atom stereocenters. The molecular formula is C15H16N4S2. The molecule has 1 aliphatic heterocycles. The third-order valence-corrected chi connectivity index (χ3v) is 5.20. The van der Waals surface area contributed by atoms with Crippen LogP contribution in [-0.2, 0) is 0 Å². The normalized spacial score (nSPS) is 20.2. The number of nitrogens with one attached hydrogen (secondary N) is 2. The number of hydrazine groups is 1. The van der Waals surface area contributed by atoms with E-state index in [2.05, 4.69) is 28.3 Å². The van der Waals surface area contributed by atoms with E-state index in [9.17, 15) is 0 Å². The van der Waals surface area contributed by atoms with E-state index in [-0.39, 0.29) is 5.66 Å². The van der Waals surface area contributed by atoms with Gasteiger partial charge in [-0.2, -0.15) is 0 Å². The van der Waals surface area contributed by atoms with Crippen LogP contribution < -0.4 is 15.8 Å². The van der Waals surface area contributed by atoms with Gasteiger partial charge in [-0.05, 0) is 37.9 Å². The molecule has 0 amide bonds. The molecular weight excluding hydrogens is 300 g/mol. The third-order valence-electron chi connectivity index (χ3n) is 4.09. The standard InChI is InChI=1S/C15H16N4S2/c20-13-17-15(8-4-5-9-15)18-19(13)14-16-12(10-21-14)11-6-2-1-3-7-11/h1-3,6-7,10,18H,4-5,8-9H2,(H,17,20). The summed E-state index contributed by atoms with van der Waals surface area (Å²) in [4.78, 5) is 4.72. The van der Waals surface area contributed by atoms with Gasteiger partial charge >= 0.3 is 0 Å².